The van der Waals surface area contributed by atoms with Crippen molar-refractivity contribution in [3.63, 3.8) is 0 Å². The summed E-state index contributed by atoms with van der Waals surface area (Å²) in [7, 11) is 1.64. The SMILES string of the molecule is CCOC(=O)C(=O)N(C)CCC1CCOCC1. The van der Waals surface area contributed by atoms with Crippen LogP contribution in [0.2, 0.25) is 0 Å². The molecule has 0 aliphatic carbocycles. The lowest BCUT2D eigenvalue weighted by atomic mass is 9.96. The standard InChI is InChI=1S/C12H21NO4/c1-3-17-12(15)11(14)13(2)7-4-10-5-8-16-9-6-10/h10H,3-9H2,1-2H3. The molecule has 0 bridgehead atoms. The third-order valence-corrected chi connectivity index (χ3v) is 3.01. The van der Waals surface area contributed by atoms with Crippen LogP contribution in [0.1, 0.15) is 26.2 Å². The lowest BCUT2D eigenvalue weighted by Crippen LogP contribution is -2.36. The van der Waals surface area contributed by atoms with Crippen LogP contribution in [0, 0.1) is 5.92 Å². The molecular formula is C12H21NO4. The van der Waals surface area contributed by atoms with E-state index in [-0.39, 0.29) is 6.61 Å². The molecule has 1 aliphatic heterocycles. The number of hydrogen-bond acceptors (Lipinski definition) is 4. The van der Waals surface area contributed by atoms with Gasteiger partial charge in [-0.2, -0.15) is 0 Å². The minimum Gasteiger partial charge on any atom is -0.459 e. The van der Waals surface area contributed by atoms with Gasteiger partial charge in [0.25, 0.3) is 0 Å². The summed E-state index contributed by atoms with van der Waals surface area (Å²) >= 11 is 0. The number of hydrogen-bond donors (Lipinski definition) is 0. The van der Waals surface area contributed by atoms with Gasteiger partial charge in [-0.3, -0.25) is 4.79 Å². The largest absolute Gasteiger partial charge is 0.459 e. The molecule has 0 radical (unpaired) electrons. The Bertz CT molecular complexity index is 261. The topological polar surface area (TPSA) is 55.8 Å². The highest BCUT2D eigenvalue weighted by Crippen LogP contribution is 2.18. The van der Waals surface area contributed by atoms with Crippen molar-refractivity contribution in [2.24, 2.45) is 5.92 Å². The number of ether oxygens (including phenoxy) is 2. The molecule has 0 aromatic rings. The second kappa shape index (κ2) is 7.27. The van der Waals surface area contributed by atoms with E-state index in [9.17, 15) is 9.59 Å². The van der Waals surface area contributed by atoms with Crippen molar-refractivity contribution >= 4 is 11.9 Å². The molecule has 0 spiro atoms. The summed E-state index contributed by atoms with van der Waals surface area (Å²) in [5, 5.41) is 0. The summed E-state index contributed by atoms with van der Waals surface area (Å²) in [6, 6.07) is 0. The highest BCUT2D eigenvalue weighted by Gasteiger charge is 2.21. The van der Waals surface area contributed by atoms with E-state index in [2.05, 4.69) is 4.74 Å². The van der Waals surface area contributed by atoms with Gasteiger partial charge in [0.05, 0.1) is 6.61 Å². The Balaban J connectivity index is 2.25. The van der Waals surface area contributed by atoms with Gasteiger partial charge in [-0.05, 0) is 32.1 Å². The minimum atomic E-state index is -0.762. The van der Waals surface area contributed by atoms with Crippen molar-refractivity contribution in [2.45, 2.75) is 26.2 Å². The van der Waals surface area contributed by atoms with Crippen LogP contribution in [0.25, 0.3) is 0 Å². The second-order valence-corrected chi connectivity index (χ2v) is 4.29. The zero-order valence-electron chi connectivity index (χ0n) is 10.6. The van der Waals surface area contributed by atoms with Gasteiger partial charge in [-0.1, -0.05) is 0 Å². The van der Waals surface area contributed by atoms with Crippen molar-refractivity contribution in [2.75, 3.05) is 33.4 Å². The smallest absolute Gasteiger partial charge is 0.396 e. The summed E-state index contributed by atoms with van der Waals surface area (Å²) < 4.78 is 9.94. The Morgan fingerprint density at radius 3 is 2.59 bits per heavy atom. The first-order valence-electron chi connectivity index (χ1n) is 6.15. The first-order chi connectivity index (χ1) is 8.15. The maximum Gasteiger partial charge on any atom is 0.396 e. The molecule has 1 saturated heterocycles. The zero-order chi connectivity index (χ0) is 12.7. The molecule has 0 aromatic heterocycles. The van der Waals surface area contributed by atoms with Crippen LogP contribution in [-0.4, -0.2) is 50.2 Å². The van der Waals surface area contributed by atoms with Gasteiger partial charge < -0.3 is 14.4 Å². The zero-order valence-corrected chi connectivity index (χ0v) is 10.6. The molecule has 1 heterocycles. The molecule has 1 fully saturated rings. The van der Waals surface area contributed by atoms with E-state index < -0.39 is 11.9 Å². The third-order valence-electron chi connectivity index (χ3n) is 3.01. The number of rotatable bonds is 4. The van der Waals surface area contributed by atoms with Gasteiger partial charge in [-0.25, -0.2) is 4.79 Å². The van der Waals surface area contributed by atoms with Gasteiger partial charge in [0.15, 0.2) is 0 Å². The highest BCUT2D eigenvalue weighted by atomic mass is 16.5. The Labute approximate surface area is 102 Å². The summed E-state index contributed by atoms with van der Waals surface area (Å²) in [6.07, 6.45) is 3.01. The molecule has 0 atom stereocenters. The van der Waals surface area contributed by atoms with Crippen LogP contribution in [0.5, 0.6) is 0 Å². The van der Waals surface area contributed by atoms with Crippen LogP contribution >= 0.6 is 0 Å². The Hall–Kier alpha value is -1.10. The van der Waals surface area contributed by atoms with E-state index in [1.165, 1.54) is 4.90 Å². The predicted octanol–water partition coefficient (Wildman–Crippen LogP) is 0.825. The lowest BCUT2D eigenvalue weighted by Gasteiger charge is -2.24. The third kappa shape index (κ3) is 4.73. The van der Waals surface area contributed by atoms with E-state index in [0.29, 0.717) is 12.5 Å². The number of amides is 1. The van der Waals surface area contributed by atoms with Gasteiger partial charge in [0.2, 0.25) is 0 Å². The highest BCUT2D eigenvalue weighted by molar-refractivity contribution is 6.32. The van der Waals surface area contributed by atoms with Crippen LogP contribution < -0.4 is 0 Å². The first kappa shape index (κ1) is 14.0. The van der Waals surface area contributed by atoms with Crippen LogP contribution in [0.15, 0.2) is 0 Å². The first-order valence-corrected chi connectivity index (χ1v) is 6.15. The van der Waals surface area contributed by atoms with E-state index in [0.717, 1.165) is 32.5 Å². The maximum atomic E-state index is 11.5. The van der Waals surface area contributed by atoms with E-state index >= 15 is 0 Å². The Morgan fingerprint density at radius 2 is 2.00 bits per heavy atom. The molecule has 17 heavy (non-hydrogen) atoms. The van der Waals surface area contributed by atoms with Gasteiger partial charge in [-0.15, -0.1) is 0 Å². The molecular weight excluding hydrogens is 222 g/mol. The molecule has 0 aromatic carbocycles. The summed E-state index contributed by atoms with van der Waals surface area (Å²) in [6.45, 7) is 4.13. The molecule has 0 N–H and O–H groups in total. The van der Waals surface area contributed by atoms with Gasteiger partial charge >= 0.3 is 11.9 Å². The number of carbonyl (C=O) groups is 2. The molecule has 0 saturated carbocycles. The molecule has 1 rings (SSSR count). The van der Waals surface area contributed by atoms with Crippen LogP contribution in [-0.2, 0) is 19.1 Å². The Morgan fingerprint density at radius 1 is 1.35 bits per heavy atom. The predicted molar refractivity (Wildman–Crippen MR) is 62.4 cm³/mol. The average Bonchev–Trinajstić information content (AvgIpc) is 2.36. The fraction of sp³-hybridized carbons (Fsp3) is 0.833. The maximum absolute atomic E-state index is 11.5. The van der Waals surface area contributed by atoms with Crippen molar-refractivity contribution in [3.8, 4) is 0 Å². The average molecular weight is 243 g/mol. The van der Waals surface area contributed by atoms with Crippen LogP contribution in [0.3, 0.4) is 0 Å². The number of carbonyl (C=O) groups excluding carboxylic acids is 2. The van der Waals surface area contributed by atoms with Gasteiger partial charge in [0, 0.05) is 26.8 Å². The van der Waals surface area contributed by atoms with E-state index in [1.54, 1.807) is 14.0 Å². The normalized spacial score (nSPS) is 16.6. The Kier molecular flexibility index (Phi) is 5.97. The van der Waals surface area contributed by atoms with Crippen molar-refractivity contribution in [3.05, 3.63) is 0 Å². The molecule has 1 aliphatic rings. The molecule has 0 unspecified atom stereocenters. The number of esters is 1. The minimum absolute atomic E-state index is 0.235. The molecule has 5 nitrogen and oxygen atoms in total. The summed E-state index contributed by atoms with van der Waals surface area (Å²) in [5.74, 6) is -0.720. The molecule has 5 heteroatoms. The second-order valence-electron chi connectivity index (χ2n) is 4.29. The van der Waals surface area contributed by atoms with Crippen molar-refractivity contribution < 1.29 is 19.1 Å². The lowest BCUT2D eigenvalue weighted by molar-refractivity contribution is -0.159. The van der Waals surface area contributed by atoms with Crippen molar-refractivity contribution in [1.82, 2.24) is 4.90 Å². The summed E-state index contributed by atoms with van der Waals surface area (Å²) in [4.78, 5) is 24.2. The fourth-order valence-corrected chi connectivity index (χ4v) is 1.86. The number of likely N-dealkylation sites (N-methyl/N-ethyl adjacent to an activating group) is 1. The molecule has 98 valence electrons. The monoisotopic (exact) mass is 243 g/mol. The molecule has 1 amide bonds. The van der Waals surface area contributed by atoms with Crippen LogP contribution in [0.4, 0.5) is 0 Å². The van der Waals surface area contributed by atoms with Gasteiger partial charge in [0.1, 0.15) is 0 Å². The number of nitrogens with zero attached hydrogens (tertiary/aromatic N) is 1. The van der Waals surface area contributed by atoms with E-state index in [4.69, 9.17) is 4.74 Å². The quantitative estimate of drug-likeness (QED) is 0.542. The fourth-order valence-electron chi connectivity index (χ4n) is 1.86. The van der Waals surface area contributed by atoms with Crippen molar-refractivity contribution in [1.29, 1.82) is 0 Å². The summed E-state index contributed by atoms with van der Waals surface area (Å²) in [5.41, 5.74) is 0. The van der Waals surface area contributed by atoms with E-state index in [1.807, 2.05) is 0 Å².